The molecule has 1 unspecified atom stereocenters. The van der Waals surface area contributed by atoms with Crippen LogP contribution in [-0.2, 0) is 5.54 Å². The number of nitrogens with zero attached hydrogens (tertiary/aromatic N) is 3. The van der Waals surface area contributed by atoms with Crippen LogP contribution in [0.3, 0.4) is 0 Å². The third-order valence-electron chi connectivity index (χ3n) is 6.73. The molecule has 1 aliphatic carbocycles. The number of nitrogens with two attached hydrogens (primary N) is 1. The zero-order chi connectivity index (χ0) is 20.6. The average molecular weight is 396 g/mol. The number of nitrogens with one attached hydrogen (secondary N) is 1. The summed E-state index contributed by atoms with van der Waals surface area (Å²) in [5.74, 6) is 0.133. The van der Waals surface area contributed by atoms with Crippen LogP contribution in [0.15, 0.2) is 48.7 Å². The number of anilines is 1. The van der Waals surface area contributed by atoms with E-state index in [4.69, 9.17) is 5.73 Å². The van der Waals surface area contributed by atoms with E-state index in [0.29, 0.717) is 17.9 Å². The molecule has 1 spiro atoms. The Balaban J connectivity index is 1.52. The molecule has 2 fully saturated rings. The third kappa shape index (κ3) is 3.50. The van der Waals surface area contributed by atoms with Crippen molar-refractivity contribution in [2.75, 3.05) is 25.5 Å². The molecule has 1 amide bonds. The lowest BCUT2D eigenvalue weighted by Crippen LogP contribution is -2.54. The summed E-state index contributed by atoms with van der Waals surface area (Å²) in [7, 11) is 4.30. The Hall–Kier alpha value is -2.48. The van der Waals surface area contributed by atoms with Crippen molar-refractivity contribution in [2.24, 2.45) is 5.73 Å². The first kappa shape index (κ1) is 19.8. The Bertz CT molecular complexity index is 861. The summed E-state index contributed by atoms with van der Waals surface area (Å²) < 4.78 is 0. The summed E-state index contributed by atoms with van der Waals surface area (Å²) in [6.45, 7) is 0.676. The molecule has 2 aromatic rings. The van der Waals surface area contributed by atoms with Crippen LogP contribution in [0, 0.1) is 0 Å². The molecule has 1 saturated carbocycles. The zero-order valence-electron chi connectivity index (χ0n) is 17.0. The van der Waals surface area contributed by atoms with Gasteiger partial charge in [-0.15, -0.1) is 0 Å². The van der Waals surface area contributed by atoms with Crippen LogP contribution in [0.2, 0.25) is 0 Å². The first-order valence-corrected chi connectivity index (χ1v) is 10.1. The van der Waals surface area contributed by atoms with Gasteiger partial charge in [-0.05, 0) is 57.5 Å². The second-order valence-corrected chi connectivity index (χ2v) is 8.49. The first-order chi connectivity index (χ1) is 13.9. The molecule has 154 valence electrons. The first-order valence-electron chi connectivity index (χ1n) is 10.1. The summed E-state index contributed by atoms with van der Waals surface area (Å²) in [6.07, 6.45) is 4.57. The second-order valence-electron chi connectivity index (χ2n) is 8.49. The minimum absolute atomic E-state index is 0.00789. The van der Waals surface area contributed by atoms with E-state index in [1.165, 1.54) is 11.8 Å². The third-order valence-corrected chi connectivity index (χ3v) is 6.73. The van der Waals surface area contributed by atoms with Gasteiger partial charge < -0.3 is 15.7 Å². The topological polar surface area (TPSA) is 94.7 Å². The number of primary amides is 1. The lowest BCUT2D eigenvalue weighted by molar-refractivity contribution is 0.0513. The zero-order valence-corrected chi connectivity index (χ0v) is 17.0. The highest BCUT2D eigenvalue weighted by molar-refractivity contribution is 5.92. The Kier molecular flexibility index (Phi) is 5.06. The van der Waals surface area contributed by atoms with E-state index < -0.39 is 12.3 Å². The van der Waals surface area contributed by atoms with Crippen molar-refractivity contribution in [2.45, 2.75) is 43.1 Å². The molecule has 1 aromatic carbocycles. The van der Waals surface area contributed by atoms with Gasteiger partial charge in [-0.25, -0.2) is 4.98 Å². The minimum atomic E-state index is -0.800. The molecule has 4 rings (SSSR count). The highest BCUT2D eigenvalue weighted by Gasteiger charge is 2.50. The molecular weight excluding hydrogens is 366 g/mol. The molecule has 7 nitrogen and oxygen atoms in total. The van der Waals surface area contributed by atoms with Crippen molar-refractivity contribution in [3.8, 4) is 0 Å². The van der Waals surface area contributed by atoms with Crippen molar-refractivity contribution >= 4 is 11.7 Å². The number of hydrogen-bond acceptors (Lipinski definition) is 6. The fourth-order valence-electron chi connectivity index (χ4n) is 4.91. The van der Waals surface area contributed by atoms with Gasteiger partial charge in [-0.1, -0.05) is 30.3 Å². The van der Waals surface area contributed by atoms with Crippen molar-refractivity contribution in [3.05, 3.63) is 59.8 Å². The largest absolute Gasteiger partial charge is 0.366 e. The lowest BCUT2D eigenvalue weighted by atomic mass is 9.69. The van der Waals surface area contributed by atoms with Crippen LogP contribution in [0.5, 0.6) is 0 Å². The SMILES string of the molecule is CN(C)C1(c2ccccc2)CCC2(CC1)CN(c1ccc(C(N)=O)cn1)C(O)N2. The van der Waals surface area contributed by atoms with Gasteiger partial charge in [-0.3, -0.25) is 15.0 Å². The molecule has 2 heterocycles. The summed E-state index contributed by atoms with van der Waals surface area (Å²) >= 11 is 0. The Labute approximate surface area is 171 Å². The predicted molar refractivity (Wildman–Crippen MR) is 112 cm³/mol. The van der Waals surface area contributed by atoms with Crippen molar-refractivity contribution in [1.29, 1.82) is 0 Å². The van der Waals surface area contributed by atoms with Crippen molar-refractivity contribution in [3.63, 3.8) is 0 Å². The van der Waals surface area contributed by atoms with Crippen LogP contribution in [0.4, 0.5) is 5.82 Å². The predicted octanol–water partition coefficient (Wildman–Crippen LogP) is 1.64. The van der Waals surface area contributed by atoms with Gasteiger partial charge in [0.2, 0.25) is 5.91 Å². The molecule has 1 aliphatic heterocycles. The van der Waals surface area contributed by atoms with E-state index in [9.17, 15) is 9.90 Å². The van der Waals surface area contributed by atoms with Crippen LogP contribution in [-0.4, -0.2) is 53.4 Å². The average Bonchev–Trinajstić information content (AvgIpc) is 3.05. The molecule has 1 atom stereocenters. The van der Waals surface area contributed by atoms with Gasteiger partial charge in [0.15, 0.2) is 6.35 Å². The van der Waals surface area contributed by atoms with Crippen molar-refractivity contribution < 1.29 is 9.90 Å². The summed E-state index contributed by atoms with van der Waals surface area (Å²) in [6, 6.07) is 14.1. The van der Waals surface area contributed by atoms with Gasteiger partial charge >= 0.3 is 0 Å². The molecule has 4 N–H and O–H groups in total. The van der Waals surface area contributed by atoms with Gasteiger partial charge in [0.05, 0.1) is 5.56 Å². The van der Waals surface area contributed by atoms with Crippen LogP contribution in [0.1, 0.15) is 41.6 Å². The number of rotatable bonds is 4. The maximum absolute atomic E-state index is 11.3. The normalized spacial score (nSPS) is 29.5. The number of amides is 1. The van der Waals surface area contributed by atoms with Gasteiger partial charge in [0.1, 0.15) is 5.82 Å². The maximum Gasteiger partial charge on any atom is 0.250 e. The number of carbonyl (C=O) groups excluding carboxylic acids is 1. The van der Waals surface area contributed by atoms with E-state index in [2.05, 4.69) is 59.6 Å². The molecule has 2 aliphatic rings. The molecule has 29 heavy (non-hydrogen) atoms. The number of pyridine rings is 1. The summed E-state index contributed by atoms with van der Waals surface area (Å²) in [4.78, 5) is 19.8. The van der Waals surface area contributed by atoms with Crippen LogP contribution < -0.4 is 16.0 Å². The van der Waals surface area contributed by atoms with Crippen LogP contribution >= 0.6 is 0 Å². The number of aromatic nitrogens is 1. The molecular formula is C22H29N5O2. The van der Waals surface area contributed by atoms with Gasteiger partial charge in [0.25, 0.3) is 0 Å². The Morgan fingerprint density at radius 1 is 1.17 bits per heavy atom. The minimum Gasteiger partial charge on any atom is -0.366 e. The van der Waals surface area contributed by atoms with E-state index >= 15 is 0 Å². The van der Waals surface area contributed by atoms with E-state index in [0.717, 1.165) is 25.7 Å². The van der Waals surface area contributed by atoms with Crippen molar-refractivity contribution in [1.82, 2.24) is 15.2 Å². The number of benzene rings is 1. The molecule has 1 saturated heterocycles. The van der Waals surface area contributed by atoms with Crippen LogP contribution in [0.25, 0.3) is 0 Å². The molecule has 7 heteroatoms. The maximum atomic E-state index is 11.3. The number of hydrogen-bond donors (Lipinski definition) is 3. The molecule has 0 radical (unpaired) electrons. The van der Waals surface area contributed by atoms with Gasteiger partial charge in [-0.2, -0.15) is 0 Å². The number of aliphatic hydroxyl groups excluding tert-OH is 1. The molecule has 0 bridgehead atoms. The standard InChI is InChI=1S/C22H29N5O2/c1-26(2)22(17-6-4-3-5-7-17)12-10-21(11-13-22)15-27(20(29)25-21)18-9-8-16(14-24-18)19(23)28/h3-9,14,20,25,29H,10-13,15H2,1-2H3,(H2,23,28). The number of aliphatic hydroxyl groups is 1. The Morgan fingerprint density at radius 3 is 2.41 bits per heavy atom. The second kappa shape index (κ2) is 7.40. The van der Waals surface area contributed by atoms with E-state index in [1.807, 2.05) is 4.90 Å². The smallest absolute Gasteiger partial charge is 0.250 e. The summed E-state index contributed by atoms with van der Waals surface area (Å²) in [5, 5.41) is 14.1. The quantitative estimate of drug-likeness (QED) is 0.729. The lowest BCUT2D eigenvalue weighted by Gasteiger charge is -2.49. The van der Waals surface area contributed by atoms with E-state index in [-0.39, 0.29) is 11.1 Å². The van der Waals surface area contributed by atoms with E-state index in [1.54, 1.807) is 12.1 Å². The fourth-order valence-corrected chi connectivity index (χ4v) is 4.91. The van der Waals surface area contributed by atoms with Gasteiger partial charge in [0, 0.05) is 23.8 Å². The monoisotopic (exact) mass is 395 g/mol. The highest BCUT2D eigenvalue weighted by Crippen LogP contribution is 2.46. The highest BCUT2D eigenvalue weighted by atomic mass is 16.3. The fraction of sp³-hybridized carbons (Fsp3) is 0.455. The summed E-state index contributed by atoms with van der Waals surface area (Å²) in [5.41, 5.74) is 6.86. The molecule has 1 aromatic heterocycles. The number of carbonyl (C=O) groups is 1. The Morgan fingerprint density at radius 2 is 1.86 bits per heavy atom.